The maximum Gasteiger partial charge on any atom is 0.233 e. The van der Waals surface area contributed by atoms with E-state index in [0.717, 1.165) is 44.3 Å². The quantitative estimate of drug-likeness (QED) is 0.898. The Labute approximate surface area is 142 Å². The molecule has 1 aliphatic heterocycles. The highest BCUT2D eigenvalue weighted by molar-refractivity contribution is 6.42. The van der Waals surface area contributed by atoms with Crippen LogP contribution in [0.3, 0.4) is 0 Å². The van der Waals surface area contributed by atoms with Crippen LogP contribution in [0.25, 0.3) is 0 Å². The van der Waals surface area contributed by atoms with E-state index >= 15 is 0 Å². The standard InChI is InChI=1S/C17H24Cl2N2O/c1-3-17(4-2,12-5-6-14(18)15(19)11-12)16(22)21-9-7-13(20)8-10-21/h5-6,11,13H,3-4,7-10,20H2,1-2H3. The molecular formula is C17H24Cl2N2O. The summed E-state index contributed by atoms with van der Waals surface area (Å²) in [5.74, 6) is 0.183. The summed E-state index contributed by atoms with van der Waals surface area (Å²) in [6, 6.07) is 5.75. The number of nitrogens with two attached hydrogens (primary N) is 1. The summed E-state index contributed by atoms with van der Waals surface area (Å²) >= 11 is 12.2. The first kappa shape index (κ1) is 17.6. The largest absolute Gasteiger partial charge is 0.342 e. The second-order valence-electron chi connectivity index (χ2n) is 6.05. The van der Waals surface area contributed by atoms with Crippen LogP contribution in [0.5, 0.6) is 0 Å². The Hall–Kier alpha value is -0.770. The van der Waals surface area contributed by atoms with E-state index in [-0.39, 0.29) is 11.9 Å². The third kappa shape index (κ3) is 3.27. The van der Waals surface area contributed by atoms with Crippen LogP contribution in [-0.2, 0) is 10.2 Å². The van der Waals surface area contributed by atoms with Crippen molar-refractivity contribution < 1.29 is 4.79 Å². The summed E-state index contributed by atoms with van der Waals surface area (Å²) in [5, 5.41) is 1.02. The van der Waals surface area contributed by atoms with Gasteiger partial charge in [0.1, 0.15) is 0 Å². The lowest BCUT2D eigenvalue weighted by molar-refractivity contribution is -0.139. The summed E-state index contributed by atoms with van der Waals surface area (Å²) < 4.78 is 0. The van der Waals surface area contributed by atoms with Gasteiger partial charge in [0.25, 0.3) is 0 Å². The molecule has 1 amide bonds. The molecule has 1 fully saturated rings. The van der Waals surface area contributed by atoms with Crippen molar-refractivity contribution in [1.29, 1.82) is 0 Å². The van der Waals surface area contributed by atoms with Crippen molar-refractivity contribution in [2.24, 2.45) is 5.73 Å². The number of benzene rings is 1. The molecule has 0 aromatic heterocycles. The second kappa shape index (κ2) is 7.20. The molecule has 0 saturated carbocycles. The molecule has 3 nitrogen and oxygen atoms in total. The second-order valence-corrected chi connectivity index (χ2v) is 6.86. The normalized spacial score (nSPS) is 16.9. The molecule has 2 N–H and O–H groups in total. The fourth-order valence-corrected chi connectivity index (χ4v) is 3.58. The van der Waals surface area contributed by atoms with Crippen LogP contribution in [0.15, 0.2) is 18.2 Å². The van der Waals surface area contributed by atoms with E-state index in [2.05, 4.69) is 13.8 Å². The number of carbonyl (C=O) groups excluding carboxylic acids is 1. The van der Waals surface area contributed by atoms with E-state index in [1.807, 2.05) is 17.0 Å². The number of hydrogen-bond acceptors (Lipinski definition) is 2. The molecule has 1 saturated heterocycles. The van der Waals surface area contributed by atoms with Gasteiger partial charge >= 0.3 is 0 Å². The van der Waals surface area contributed by atoms with Crippen molar-refractivity contribution in [2.75, 3.05) is 13.1 Å². The minimum atomic E-state index is -0.532. The van der Waals surface area contributed by atoms with E-state index in [1.54, 1.807) is 6.07 Å². The SMILES string of the molecule is CCC(CC)(C(=O)N1CCC(N)CC1)c1ccc(Cl)c(Cl)c1. The van der Waals surface area contributed by atoms with E-state index in [9.17, 15) is 4.79 Å². The number of likely N-dealkylation sites (tertiary alicyclic amines) is 1. The van der Waals surface area contributed by atoms with Gasteiger partial charge in [-0.05, 0) is 43.4 Å². The third-order valence-electron chi connectivity index (χ3n) is 4.92. The molecule has 2 rings (SSSR count). The molecule has 1 heterocycles. The number of carbonyl (C=O) groups is 1. The molecule has 122 valence electrons. The Kier molecular flexibility index (Phi) is 5.76. The van der Waals surface area contributed by atoms with E-state index in [4.69, 9.17) is 28.9 Å². The first-order chi connectivity index (χ1) is 10.4. The summed E-state index contributed by atoms with van der Waals surface area (Å²) in [6.07, 6.45) is 3.22. The summed E-state index contributed by atoms with van der Waals surface area (Å²) in [4.78, 5) is 15.2. The Morgan fingerprint density at radius 3 is 2.32 bits per heavy atom. The van der Waals surface area contributed by atoms with Gasteiger partial charge in [0.15, 0.2) is 0 Å². The first-order valence-electron chi connectivity index (χ1n) is 7.95. The van der Waals surface area contributed by atoms with Crippen LogP contribution < -0.4 is 5.73 Å². The monoisotopic (exact) mass is 342 g/mol. The number of rotatable bonds is 4. The molecule has 22 heavy (non-hydrogen) atoms. The Bertz CT molecular complexity index is 535. The minimum absolute atomic E-state index is 0.183. The predicted octanol–water partition coefficient (Wildman–Crippen LogP) is 4.00. The number of amides is 1. The average Bonchev–Trinajstić information content (AvgIpc) is 2.53. The van der Waals surface area contributed by atoms with Crippen LogP contribution in [0.2, 0.25) is 10.0 Å². The zero-order chi connectivity index (χ0) is 16.3. The van der Waals surface area contributed by atoms with Crippen LogP contribution in [-0.4, -0.2) is 29.9 Å². The number of hydrogen-bond donors (Lipinski definition) is 1. The van der Waals surface area contributed by atoms with Crippen molar-refractivity contribution >= 4 is 29.1 Å². The van der Waals surface area contributed by atoms with Crippen molar-refractivity contribution in [3.63, 3.8) is 0 Å². The molecule has 1 aromatic carbocycles. The lowest BCUT2D eigenvalue weighted by atomic mass is 9.74. The molecule has 0 aliphatic carbocycles. The molecule has 0 bridgehead atoms. The fraction of sp³-hybridized carbons (Fsp3) is 0.588. The smallest absolute Gasteiger partial charge is 0.233 e. The molecule has 0 radical (unpaired) electrons. The molecule has 1 aromatic rings. The van der Waals surface area contributed by atoms with Gasteiger partial charge in [0.2, 0.25) is 5.91 Å². The highest BCUT2D eigenvalue weighted by Gasteiger charge is 2.40. The number of halogens is 2. The van der Waals surface area contributed by atoms with Crippen molar-refractivity contribution in [3.05, 3.63) is 33.8 Å². The van der Waals surface area contributed by atoms with Gasteiger partial charge in [-0.3, -0.25) is 4.79 Å². The Balaban J connectivity index is 2.34. The maximum atomic E-state index is 13.2. The highest BCUT2D eigenvalue weighted by atomic mass is 35.5. The first-order valence-corrected chi connectivity index (χ1v) is 8.70. The molecule has 0 spiro atoms. The number of piperidine rings is 1. The summed E-state index contributed by atoms with van der Waals surface area (Å²) in [6.45, 7) is 5.59. The van der Waals surface area contributed by atoms with Crippen LogP contribution in [0, 0.1) is 0 Å². The fourth-order valence-electron chi connectivity index (χ4n) is 3.28. The van der Waals surface area contributed by atoms with Crippen molar-refractivity contribution in [1.82, 2.24) is 4.90 Å². The van der Waals surface area contributed by atoms with Gasteiger partial charge in [-0.15, -0.1) is 0 Å². The summed E-state index contributed by atoms with van der Waals surface area (Å²) in [7, 11) is 0. The van der Waals surface area contributed by atoms with Crippen LogP contribution in [0.1, 0.15) is 45.1 Å². The lowest BCUT2D eigenvalue weighted by Crippen LogP contribution is -2.51. The van der Waals surface area contributed by atoms with E-state index in [0.29, 0.717) is 10.0 Å². The molecule has 0 unspecified atom stereocenters. The average molecular weight is 343 g/mol. The van der Waals surface area contributed by atoms with Gasteiger partial charge in [-0.2, -0.15) is 0 Å². The zero-order valence-electron chi connectivity index (χ0n) is 13.2. The third-order valence-corrected chi connectivity index (χ3v) is 5.65. The Morgan fingerprint density at radius 1 is 1.23 bits per heavy atom. The van der Waals surface area contributed by atoms with Gasteiger partial charge < -0.3 is 10.6 Å². The van der Waals surface area contributed by atoms with Gasteiger partial charge in [-0.1, -0.05) is 43.1 Å². The van der Waals surface area contributed by atoms with E-state index in [1.165, 1.54) is 0 Å². The predicted molar refractivity (Wildman–Crippen MR) is 92.5 cm³/mol. The zero-order valence-corrected chi connectivity index (χ0v) is 14.8. The van der Waals surface area contributed by atoms with Gasteiger partial charge in [0, 0.05) is 19.1 Å². The minimum Gasteiger partial charge on any atom is -0.342 e. The molecular weight excluding hydrogens is 319 g/mol. The van der Waals surface area contributed by atoms with Crippen LogP contribution in [0.4, 0.5) is 0 Å². The van der Waals surface area contributed by atoms with E-state index < -0.39 is 5.41 Å². The highest BCUT2D eigenvalue weighted by Crippen LogP contribution is 2.37. The van der Waals surface area contributed by atoms with Crippen LogP contribution >= 0.6 is 23.2 Å². The lowest BCUT2D eigenvalue weighted by Gasteiger charge is -2.39. The maximum absolute atomic E-state index is 13.2. The molecule has 5 heteroatoms. The van der Waals surface area contributed by atoms with Gasteiger partial charge in [0.05, 0.1) is 15.5 Å². The topological polar surface area (TPSA) is 46.3 Å². The Morgan fingerprint density at radius 2 is 1.82 bits per heavy atom. The van der Waals surface area contributed by atoms with Crippen molar-refractivity contribution in [2.45, 2.75) is 51.0 Å². The molecule has 0 atom stereocenters. The molecule has 1 aliphatic rings. The van der Waals surface area contributed by atoms with Crippen molar-refractivity contribution in [3.8, 4) is 0 Å². The van der Waals surface area contributed by atoms with Gasteiger partial charge in [-0.25, -0.2) is 0 Å². The number of nitrogens with zero attached hydrogens (tertiary/aromatic N) is 1. The summed E-state index contributed by atoms with van der Waals surface area (Å²) in [5.41, 5.74) is 6.37.